The van der Waals surface area contributed by atoms with Gasteiger partial charge >= 0.3 is 0 Å². The summed E-state index contributed by atoms with van der Waals surface area (Å²) in [6.07, 6.45) is 5.26. The van der Waals surface area contributed by atoms with Crippen LogP contribution in [0.3, 0.4) is 0 Å². The van der Waals surface area contributed by atoms with Crippen molar-refractivity contribution in [2.75, 3.05) is 18.4 Å². The number of imidazole rings is 1. The number of nitrogens with zero attached hydrogens (tertiary/aromatic N) is 5. The Kier molecular flexibility index (Phi) is 5.87. The Balaban J connectivity index is 1.17. The number of piperidine rings is 1. The van der Waals surface area contributed by atoms with E-state index < -0.39 is 0 Å². The smallest absolute Gasteiger partial charge is 0.253 e. The van der Waals surface area contributed by atoms with Gasteiger partial charge in [-0.1, -0.05) is 24.3 Å². The van der Waals surface area contributed by atoms with Crippen molar-refractivity contribution in [2.45, 2.75) is 18.9 Å². The van der Waals surface area contributed by atoms with Gasteiger partial charge in [-0.25, -0.2) is 9.97 Å². The van der Waals surface area contributed by atoms with E-state index in [4.69, 9.17) is 4.98 Å². The fraction of sp³-hybridized carbons (Fsp3) is 0.172. The lowest BCUT2D eigenvalue weighted by atomic mass is 10.0. The van der Waals surface area contributed by atoms with Crippen LogP contribution in [0.15, 0.2) is 97.3 Å². The van der Waals surface area contributed by atoms with E-state index in [0.717, 1.165) is 46.9 Å². The van der Waals surface area contributed by atoms with Crippen LogP contribution >= 0.6 is 0 Å². The van der Waals surface area contributed by atoms with E-state index in [1.54, 1.807) is 12.4 Å². The molecule has 5 aromatic rings. The summed E-state index contributed by atoms with van der Waals surface area (Å²) in [5.41, 5.74) is 5.24. The van der Waals surface area contributed by atoms with Gasteiger partial charge in [0.2, 0.25) is 0 Å². The zero-order valence-corrected chi connectivity index (χ0v) is 19.8. The number of fused-ring (bicyclic) bond motifs is 1. The fourth-order valence-electron chi connectivity index (χ4n) is 4.85. The summed E-state index contributed by atoms with van der Waals surface area (Å²) in [6, 6.07) is 27.6. The molecule has 0 atom stereocenters. The van der Waals surface area contributed by atoms with E-state index in [2.05, 4.69) is 19.9 Å². The van der Waals surface area contributed by atoms with E-state index in [9.17, 15) is 4.79 Å². The number of rotatable bonds is 5. The van der Waals surface area contributed by atoms with Gasteiger partial charge in [-0.05, 0) is 73.5 Å². The van der Waals surface area contributed by atoms with Crippen molar-refractivity contribution >= 4 is 28.4 Å². The molecule has 3 aromatic heterocycles. The van der Waals surface area contributed by atoms with Crippen molar-refractivity contribution in [3.8, 4) is 11.5 Å². The van der Waals surface area contributed by atoms with E-state index in [1.807, 2.05) is 89.8 Å². The van der Waals surface area contributed by atoms with Crippen LogP contribution in [-0.2, 0) is 0 Å². The Morgan fingerprint density at radius 2 is 1.50 bits per heavy atom. The summed E-state index contributed by atoms with van der Waals surface area (Å²) in [5.74, 6) is 0.897. The summed E-state index contributed by atoms with van der Waals surface area (Å²) in [4.78, 5) is 29.2. The number of amides is 1. The Hall–Kier alpha value is -4.52. The quantitative estimate of drug-likeness (QED) is 0.353. The molecule has 0 bridgehead atoms. The number of pyridine rings is 2. The molecule has 7 nitrogen and oxygen atoms in total. The largest absolute Gasteiger partial charge is 0.356 e. The van der Waals surface area contributed by atoms with Crippen LogP contribution in [0.1, 0.15) is 29.2 Å². The van der Waals surface area contributed by atoms with Gasteiger partial charge in [-0.15, -0.1) is 0 Å². The number of para-hydroxylation sites is 1. The van der Waals surface area contributed by atoms with Gasteiger partial charge in [0, 0.05) is 48.5 Å². The molecule has 7 heteroatoms. The number of aromatic nitrogens is 4. The second-order valence-corrected chi connectivity index (χ2v) is 8.96. The molecule has 1 aliphatic heterocycles. The first kappa shape index (κ1) is 22.0. The molecule has 1 saturated heterocycles. The normalized spacial score (nSPS) is 14.2. The first-order chi connectivity index (χ1) is 17.8. The van der Waals surface area contributed by atoms with Crippen LogP contribution in [0, 0.1) is 0 Å². The monoisotopic (exact) mass is 474 g/mol. The number of likely N-dealkylation sites (tertiary alicyclic amines) is 1. The second-order valence-electron chi connectivity index (χ2n) is 8.96. The van der Waals surface area contributed by atoms with Crippen LogP contribution in [0.4, 0.5) is 11.4 Å². The minimum absolute atomic E-state index is 0.0678. The number of hydrogen-bond acceptors (Lipinski definition) is 5. The number of anilines is 2. The average Bonchev–Trinajstić information content (AvgIpc) is 3.34. The van der Waals surface area contributed by atoms with Gasteiger partial charge in [0.15, 0.2) is 11.5 Å². The van der Waals surface area contributed by atoms with Gasteiger partial charge in [-0.3, -0.25) is 9.78 Å². The summed E-state index contributed by atoms with van der Waals surface area (Å²) < 4.78 is 2.21. The van der Waals surface area contributed by atoms with E-state index >= 15 is 0 Å². The van der Waals surface area contributed by atoms with Crippen LogP contribution in [0.5, 0.6) is 0 Å². The maximum absolute atomic E-state index is 13.2. The molecule has 0 radical (unpaired) electrons. The first-order valence-corrected chi connectivity index (χ1v) is 12.2. The summed E-state index contributed by atoms with van der Waals surface area (Å²) in [5, 5.41) is 3.36. The highest BCUT2D eigenvalue weighted by Gasteiger charge is 2.28. The average molecular weight is 475 g/mol. The first-order valence-electron chi connectivity index (χ1n) is 12.2. The molecule has 0 spiro atoms. The molecule has 6 rings (SSSR count). The molecule has 2 aromatic carbocycles. The third-order valence-corrected chi connectivity index (χ3v) is 6.65. The Labute approximate surface area is 209 Å². The molecule has 178 valence electrons. The summed E-state index contributed by atoms with van der Waals surface area (Å²) in [7, 11) is 0. The summed E-state index contributed by atoms with van der Waals surface area (Å²) >= 11 is 0. The Morgan fingerprint density at radius 3 is 2.25 bits per heavy atom. The van der Waals surface area contributed by atoms with Crippen LogP contribution < -0.4 is 5.32 Å². The van der Waals surface area contributed by atoms with Crippen molar-refractivity contribution in [1.82, 2.24) is 24.4 Å². The molecule has 0 unspecified atom stereocenters. The number of nitrogens with one attached hydrogen (secondary N) is 1. The van der Waals surface area contributed by atoms with E-state index in [1.165, 1.54) is 0 Å². The standard InChI is InChI=1S/C29H26N6O/c36-29(21-11-13-23(14-12-21)32-22-7-2-1-3-8-22)34-19-15-24(16-20-34)35-27-26(10-6-18-31-27)33-28(35)25-9-4-5-17-30-25/h1-14,17-18,24,32H,15-16,19-20H2. The molecule has 4 heterocycles. The van der Waals surface area contributed by atoms with Crippen molar-refractivity contribution in [1.29, 1.82) is 0 Å². The minimum Gasteiger partial charge on any atom is -0.356 e. The number of benzene rings is 2. The zero-order valence-electron chi connectivity index (χ0n) is 19.8. The molecular formula is C29H26N6O. The maximum Gasteiger partial charge on any atom is 0.253 e. The van der Waals surface area contributed by atoms with Crippen LogP contribution in [-0.4, -0.2) is 43.4 Å². The molecule has 36 heavy (non-hydrogen) atoms. The van der Waals surface area contributed by atoms with Gasteiger partial charge in [0.25, 0.3) is 5.91 Å². The highest BCUT2D eigenvalue weighted by Crippen LogP contribution is 2.32. The van der Waals surface area contributed by atoms with Gasteiger partial charge in [0.05, 0.1) is 0 Å². The maximum atomic E-state index is 13.2. The molecule has 1 aliphatic rings. The minimum atomic E-state index is 0.0678. The van der Waals surface area contributed by atoms with Gasteiger partial charge in [-0.2, -0.15) is 0 Å². The number of carbonyl (C=O) groups excluding carboxylic acids is 1. The van der Waals surface area contributed by atoms with Gasteiger partial charge < -0.3 is 14.8 Å². The molecule has 1 amide bonds. The van der Waals surface area contributed by atoms with Crippen molar-refractivity contribution < 1.29 is 4.79 Å². The van der Waals surface area contributed by atoms with Crippen molar-refractivity contribution in [3.63, 3.8) is 0 Å². The summed E-state index contributed by atoms with van der Waals surface area (Å²) in [6.45, 7) is 1.36. The highest BCUT2D eigenvalue weighted by molar-refractivity contribution is 5.94. The van der Waals surface area contributed by atoms with Gasteiger partial charge in [0.1, 0.15) is 11.2 Å². The molecular weight excluding hydrogens is 448 g/mol. The predicted octanol–water partition coefficient (Wildman–Crippen LogP) is 5.71. The van der Waals surface area contributed by atoms with E-state index in [-0.39, 0.29) is 11.9 Å². The Bertz CT molecular complexity index is 1470. The van der Waals surface area contributed by atoms with Crippen LogP contribution in [0.2, 0.25) is 0 Å². The third-order valence-electron chi connectivity index (χ3n) is 6.65. The molecule has 1 fully saturated rings. The van der Waals surface area contributed by atoms with Crippen molar-refractivity contribution in [2.24, 2.45) is 0 Å². The molecule has 0 aliphatic carbocycles. The van der Waals surface area contributed by atoms with Crippen LogP contribution in [0.25, 0.3) is 22.7 Å². The van der Waals surface area contributed by atoms with E-state index in [0.29, 0.717) is 18.7 Å². The topological polar surface area (TPSA) is 75.9 Å². The zero-order chi connectivity index (χ0) is 24.3. The lowest BCUT2D eigenvalue weighted by Crippen LogP contribution is -2.39. The SMILES string of the molecule is O=C(c1ccc(Nc2ccccc2)cc1)N1CCC(n2c(-c3ccccn3)nc3cccnc32)CC1. The Morgan fingerprint density at radius 1 is 0.778 bits per heavy atom. The predicted molar refractivity (Wildman–Crippen MR) is 141 cm³/mol. The number of carbonyl (C=O) groups is 1. The lowest BCUT2D eigenvalue weighted by molar-refractivity contribution is 0.0696. The second kappa shape index (κ2) is 9.62. The fourth-order valence-corrected chi connectivity index (χ4v) is 4.85. The van der Waals surface area contributed by atoms with Crippen molar-refractivity contribution in [3.05, 3.63) is 103 Å². The molecule has 0 saturated carbocycles. The highest BCUT2D eigenvalue weighted by atomic mass is 16.2. The lowest BCUT2D eigenvalue weighted by Gasteiger charge is -2.33. The molecule has 1 N–H and O–H groups in total. The number of hydrogen-bond donors (Lipinski definition) is 1. The third kappa shape index (κ3) is 4.31.